The zero-order chi connectivity index (χ0) is 15.3. The van der Waals surface area contributed by atoms with Crippen molar-refractivity contribution < 1.29 is 0 Å². The summed E-state index contributed by atoms with van der Waals surface area (Å²) >= 11 is 7.80. The predicted molar refractivity (Wildman–Crippen MR) is 91.1 cm³/mol. The van der Waals surface area contributed by atoms with Crippen molar-refractivity contribution in [3.63, 3.8) is 0 Å². The average molecular weight is 331 g/mol. The molecule has 0 saturated heterocycles. The van der Waals surface area contributed by atoms with Crippen LogP contribution in [-0.2, 0) is 18.6 Å². The fourth-order valence-electron chi connectivity index (χ4n) is 3.47. The van der Waals surface area contributed by atoms with Crippen LogP contribution >= 0.6 is 23.4 Å². The smallest absolute Gasteiger partial charge is 0.265 e. The third-order valence-electron chi connectivity index (χ3n) is 4.48. The number of benzene rings is 1. The zero-order valence-corrected chi connectivity index (χ0v) is 13.6. The van der Waals surface area contributed by atoms with Crippen molar-refractivity contribution in [2.75, 3.05) is 0 Å². The Hall–Kier alpha value is -1.52. The summed E-state index contributed by atoms with van der Waals surface area (Å²) in [6.45, 7) is 0. The molecular formula is C17H15ClN2OS. The summed E-state index contributed by atoms with van der Waals surface area (Å²) in [6.07, 6.45) is 5.41. The van der Waals surface area contributed by atoms with Crippen LogP contribution in [0.1, 0.15) is 35.1 Å². The fraction of sp³-hybridized carbons (Fsp3) is 0.294. The van der Waals surface area contributed by atoms with Gasteiger partial charge in [-0.1, -0.05) is 11.6 Å². The molecule has 1 N–H and O–H groups in total. The quantitative estimate of drug-likeness (QED) is 0.804. The highest BCUT2D eigenvalue weighted by atomic mass is 35.5. The Bertz CT molecular complexity index is 857. The maximum Gasteiger partial charge on any atom is 0.265 e. The molecule has 2 aliphatic rings. The summed E-state index contributed by atoms with van der Waals surface area (Å²) in [7, 11) is 0. The van der Waals surface area contributed by atoms with E-state index in [9.17, 15) is 4.79 Å². The monoisotopic (exact) mass is 330 g/mol. The number of nitrogens with zero attached hydrogens (tertiary/aromatic N) is 1. The molecule has 1 aromatic carbocycles. The Kier molecular flexibility index (Phi) is 3.39. The number of fused-ring (bicyclic) bond motifs is 5. The zero-order valence-electron chi connectivity index (χ0n) is 12.0. The maximum absolute atomic E-state index is 12.9. The summed E-state index contributed by atoms with van der Waals surface area (Å²) in [4.78, 5) is 12.9. The summed E-state index contributed by atoms with van der Waals surface area (Å²) in [5, 5.41) is 9.46. The summed E-state index contributed by atoms with van der Waals surface area (Å²) in [5.74, 6) is 0.839. The molecule has 0 spiro atoms. The van der Waals surface area contributed by atoms with Crippen molar-refractivity contribution in [2.24, 2.45) is 0 Å². The molecule has 4 rings (SSSR count). The number of thioether (sulfide) groups is 1. The van der Waals surface area contributed by atoms with Gasteiger partial charge in [-0.05, 0) is 60.6 Å². The molecule has 0 unspecified atom stereocenters. The lowest BCUT2D eigenvalue weighted by Gasteiger charge is -2.28. The molecule has 0 saturated carbocycles. The van der Waals surface area contributed by atoms with Crippen LogP contribution in [0.15, 0.2) is 28.0 Å². The van der Waals surface area contributed by atoms with Crippen molar-refractivity contribution in [3.8, 4) is 5.69 Å². The van der Waals surface area contributed by atoms with Gasteiger partial charge in [-0.3, -0.25) is 9.36 Å². The Balaban J connectivity index is 2.09. The molecule has 1 aliphatic carbocycles. The predicted octanol–water partition coefficient (Wildman–Crippen LogP) is 3.97. The van der Waals surface area contributed by atoms with Gasteiger partial charge in [0.15, 0.2) is 0 Å². The second-order valence-corrected chi connectivity index (χ2v) is 7.13. The lowest BCUT2D eigenvalue weighted by molar-refractivity contribution is 0.648. The minimum absolute atomic E-state index is 0.0681. The highest BCUT2D eigenvalue weighted by molar-refractivity contribution is 7.98. The largest absolute Gasteiger partial charge is 0.308 e. The summed E-state index contributed by atoms with van der Waals surface area (Å²) < 4.78 is 1.80. The SMILES string of the molecule is N=Cc1c2c(c3n(c1=O)-c1ccc(Cl)cc1CS3)CCCC2. The van der Waals surface area contributed by atoms with E-state index in [4.69, 9.17) is 17.0 Å². The highest BCUT2D eigenvalue weighted by Gasteiger charge is 2.27. The number of halogens is 1. The topological polar surface area (TPSA) is 45.9 Å². The van der Waals surface area contributed by atoms with Crippen LogP contribution < -0.4 is 5.56 Å². The maximum atomic E-state index is 12.9. The second-order valence-electron chi connectivity index (χ2n) is 5.73. The first-order chi connectivity index (χ1) is 10.7. The van der Waals surface area contributed by atoms with E-state index in [1.807, 2.05) is 18.2 Å². The number of hydrogen-bond acceptors (Lipinski definition) is 3. The van der Waals surface area contributed by atoms with Crippen molar-refractivity contribution in [1.82, 2.24) is 4.57 Å². The van der Waals surface area contributed by atoms with Crippen molar-refractivity contribution in [2.45, 2.75) is 36.5 Å². The number of nitrogens with one attached hydrogen (secondary N) is 1. The van der Waals surface area contributed by atoms with E-state index in [-0.39, 0.29) is 5.56 Å². The van der Waals surface area contributed by atoms with E-state index in [0.29, 0.717) is 10.6 Å². The van der Waals surface area contributed by atoms with Gasteiger partial charge in [-0.2, -0.15) is 0 Å². The minimum atomic E-state index is -0.0681. The molecule has 0 fully saturated rings. The number of pyridine rings is 1. The van der Waals surface area contributed by atoms with E-state index >= 15 is 0 Å². The molecule has 1 aliphatic heterocycles. The van der Waals surface area contributed by atoms with Gasteiger partial charge in [0.05, 0.1) is 16.3 Å². The first-order valence-electron chi connectivity index (χ1n) is 7.43. The Morgan fingerprint density at radius 3 is 2.77 bits per heavy atom. The van der Waals surface area contributed by atoms with E-state index in [2.05, 4.69) is 0 Å². The molecule has 0 atom stereocenters. The van der Waals surface area contributed by atoms with Gasteiger partial charge < -0.3 is 5.41 Å². The molecule has 1 aromatic heterocycles. The van der Waals surface area contributed by atoms with Crippen molar-refractivity contribution >= 4 is 29.6 Å². The summed E-state index contributed by atoms with van der Waals surface area (Å²) in [6, 6.07) is 5.68. The van der Waals surface area contributed by atoms with Crippen molar-refractivity contribution in [3.05, 3.63) is 55.8 Å². The Morgan fingerprint density at radius 1 is 1.23 bits per heavy atom. The Morgan fingerprint density at radius 2 is 2.00 bits per heavy atom. The van der Waals surface area contributed by atoms with Gasteiger partial charge in [0, 0.05) is 17.0 Å². The molecule has 3 nitrogen and oxygen atoms in total. The average Bonchev–Trinajstić information content (AvgIpc) is 2.54. The molecule has 5 heteroatoms. The number of rotatable bonds is 1. The normalized spacial score (nSPS) is 15.7. The van der Waals surface area contributed by atoms with Crippen molar-refractivity contribution in [1.29, 1.82) is 5.41 Å². The number of aromatic nitrogens is 1. The molecule has 0 amide bonds. The third kappa shape index (κ3) is 1.97. The first kappa shape index (κ1) is 14.1. The van der Waals surface area contributed by atoms with Gasteiger partial charge in [-0.25, -0.2) is 0 Å². The molecule has 112 valence electrons. The molecule has 0 radical (unpaired) electrons. The van der Waals surface area contributed by atoms with Crippen LogP contribution in [0.3, 0.4) is 0 Å². The van der Waals surface area contributed by atoms with E-state index in [0.717, 1.165) is 53.3 Å². The lowest BCUT2D eigenvalue weighted by Crippen LogP contribution is -2.30. The standard InChI is InChI=1S/C17H15ClN2OS/c18-11-5-6-15-10(7-11)9-22-17-13-4-2-1-3-12(13)14(8-19)16(21)20(15)17/h5-8,19H,1-4,9H2. The first-order valence-corrected chi connectivity index (χ1v) is 8.80. The Labute approximate surface area is 137 Å². The van der Waals surface area contributed by atoms with Gasteiger partial charge in [-0.15, -0.1) is 11.8 Å². The minimum Gasteiger partial charge on any atom is -0.308 e. The second kappa shape index (κ2) is 5.28. The fourth-order valence-corrected chi connectivity index (χ4v) is 4.90. The van der Waals surface area contributed by atoms with Gasteiger partial charge in [0.2, 0.25) is 0 Å². The van der Waals surface area contributed by atoms with Crippen LogP contribution in [0.5, 0.6) is 0 Å². The van der Waals surface area contributed by atoms with Gasteiger partial charge in [0.25, 0.3) is 5.56 Å². The molecule has 0 bridgehead atoms. The van der Waals surface area contributed by atoms with Crippen LogP contribution in [0, 0.1) is 5.41 Å². The van der Waals surface area contributed by atoms with Crippen LogP contribution in [0.2, 0.25) is 5.02 Å². The van der Waals surface area contributed by atoms with E-state index in [1.54, 1.807) is 16.3 Å². The van der Waals surface area contributed by atoms with Crippen LogP contribution in [-0.4, -0.2) is 10.8 Å². The van der Waals surface area contributed by atoms with Crippen LogP contribution in [0.25, 0.3) is 5.69 Å². The molecular weight excluding hydrogens is 316 g/mol. The van der Waals surface area contributed by atoms with E-state index < -0.39 is 0 Å². The molecule has 2 aromatic rings. The van der Waals surface area contributed by atoms with Gasteiger partial charge >= 0.3 is 0 Å². The molecule has 22 heavy (non-hydrogen) atoms. The van der Waals surface area contributed by atoms with E-state index in [1.165, 1.54) is 11.8 Å². The molecule has 2 heterocycles. The third-order valence-corrected chi connectivity index (χ3v) is 5.87. The van der Waals surface area contributed by atoms with Gasteiger partial charge in [0.1, 0.15) is 0 Å². The van der Waals surface area contributed by atoms with Crippen LogP contribution in [0.4, 0.5) is 0 Å². The highest BCUT2D eigenvalue weighted by Crippen LogP contribution is 2.39. The number of hydrogen-bond donors (Lipinski definition) is 1. The summed E-state index contributed by atoms with van der Waals surface area (Å²) in [5.41, 5.74) is 4.86. The lowest BCUT2D eigenvalue weighted by atomic mass is 9.90.